The van der Waals surface area contributed by atoms with Gasteiger partial charge in [-0.15, -0.1) is 11.3 Å². The molecule has 4 aromatic rings. The number of aromatic amines is 1. The summed E-state index contributed by atoms with van der Waals surface area (Å²) in [5.41, 5.74) is 3.06. The van der Waals surface area contributed by atoms with Crippen LogP contribution in [0.2, 0.25) is 0 Å². The predicted octanol–water partition coefficient (Wildman–Crippen LogP) is 4.81. The summed E-state index contributed by atoms with van der Waals surface area (Å²) in [7, 11) is 1.63. The van der Waals surface area contributed by atoms with Gasteiger partial charge in [-0.3, -0.25) is 0 Å². The van der Waals surface area contributed by atoms with Gasteiger partial charge >= 0.3 is 0 Å². The SMILES string of the molecule is COc1cccc(-c2n[nH]nc2-c2cc3cc(F)c(C)cc3s2)c1. The smallest absolute Gasteiger partial charge is 0.130 e. The van der Waals surface area contributed by atoms with Gasteiger partial charge in [0.25, 0.3) is 0 Å². The average molecular weight is 339 g/mol. The number of benzene rings is 2. The lowest BCUT2D eigenvalue weighted by Gasteiger charge is -2.02. The number of rotatable bonds is 3. The van der Waals surface area contributed by atoms with E-state index in [2.05, 4.69) is 15.4 Å². The number of aromatic nitrogens is 3. The molecule has 0 unspecified atom stereocenters. The fraction of sp³-hybridized carbons (Fsp3) is 0.111. The Morgan fingerprint density at radius 3 is 2.75 bits per heavy atom. The Bertz CT molecular complexity index is 999. The highest BCUT2D eigenvalue weighted by Gasteiger charge is 2.16. The number of halogens is 1. The third-order valence-corrected chi connectivity index (χ3v) is 5.03. The molecule has 0 bridgehead atoms. The second kappa shape index (κ2) is 5.72. The Balaban J connectivity index is 1.85. The Morgan fingerprint density at radius 1 is 1.08 bits per heavy atom. The Labute approximate surface area is 141 Å². The van der Waals surface area contributed by atoms with E-state index in [0.717, 1.165) is 37.7 Å². The second-order valence-corrected chi connectivity index (χ2v) is 6.59. The molecule has 2 heterocycles. The normalized spacial score (nSPS) is 11.1. The van der Waals surface area contributed by atoms with E-state index in [0.29, 0.717) is 5.56 Å². The van der Waals surface area contributed by atoms with Crippen molar-refractivity contribution >= 4 is 21.4 Å². The summed E-state index contributed by atoms with van der Waals surface area (Å²) >= 11 is 1.58. The molecule has 0 radical (unpaired) electrons. The van der Waals surface area contributed by atoms with E-state index in [1.54, 1.807) is 31.4 Å². The Hall–Kier alpha value is -2.73. The zero-order valence-electron chi connectivity index (χ0n) is 13.1. The molecule has 0 aliphatic carbocycles. The largest absolute Gasteiger partial charge is 0.497 e. The van der Waals surface area contributed by atoms with Gasteiger partial charge in [-0.25, -0.2) is 4.39 Å². The summed E-state index contributed by atoms with van der Waals surface area (Å²) in [6.45, 7) is 1.77. The number of ether oxygens (including phenoxy) is 1. The molecular weight excluding hydrogens is 325 g/mol. The zero-order chi connectivity index (χ0) is 16.7. The quantitative estimate of drug-likeness (QED) is 0.583. The molecule has 120 valence electrons. The van der Waals surface area contributed by atoms with Crippen molar-refractivity contribution < 1.29 is 9.13 Å². The predicted molar refractivity (Wildman–Crippen MR) is 93.9 cm³/mol. The summed E-state index contributed by atoms with van der Waals surface area (Å²) < 4.78 is 20.1. The number of thiophene rings is 1. The van der Waals surface area contributed by atoms with Crippen molar-refractivity contribution in [3.63, 3.8) is 0 Å². The van der Waals surface area contributed by atoms with Gasteiger partial charge in [-0.1, -0.05) is 12.1 Å². The minimum atomic E-state index is -0.194. The molecule has 24 heavy (non-hydrogen) atoms. The number of hydrogen-bond acceptors (Lipinski definition) is 4. The van der Waals surface area contributed by atoms with Crippen LogP contribution in [0.1, 0.15) is 5.56 Å². The molecule has 0 spiro atoms. The van der Waals surface area contributed by atoms with Gasteiger partial charge in [-0.2, -0.15) is 15.4 Å². The van der Waals surface area contributed by atoms with Crippen LogP contribution < -0.4 is 4.74 Å². The zero-order valence-corrected chi connectivity index (χ0v) is 13.9. The summed E-state index contributed by atoms with van der Waals surface area (Å²) in [5, 5.41) is 12.1. The lowest BCUT2D eigenvalue weighted by molar-refractivity contribution is 0.415. The first-order chi connectivity index (χ1) is 11.7. The Kier molecular flexibility index (Phi) is 3.54. The monoisotopic (exact) mass is 339 g/mol. The number of hydrogen-bond donors (Lipinski definition) is 1. The van der Waals surface area contributed by atoms with Gasteiger partial charge in [0, 0.05) is 10.3 Å². The molecule has 2 aromatic carbocycles. The van der Waals surface area contributed by atoms with E-state index < -0.39 is 0 Å². The molecule has 0 fully saturated rings. The lowest BCUT2D eigenvalue weighted by Crippen LogP contribution is -1.85. The molecule has 0 saturated carbocycles. The van der Waals surface area contributed by atoms with Gasteiger partial charge in [-0.05, 0) is 48.2 Å². The third kappa shape index (κ3) is 2.45. The fourth-order valence-corrected chi connectivity index (χ4v) is 3.78. The van der Waals surface area contributed by atoms with Gasteiger partial charge in [0.2, 0.25) is 0 Å². The van der Waals surface area contributed by atoms with E-state index in [1.165, 1.54) is 0 Å². The van der Waals surface area contributed by atoms with Crippen molar-refractivity contribution in [2.24, 2.45) is 0 Å². The van der Waals surface area contributed by atoms with Crippen molar-refractivity contribution in [2.45, 2.75) is 6.92 Å². The molecule has 6 heteroatoms. The van der Waals surface area contributed by atoms with Crippen LogP contribution in [0, 0.1) is 12.7 Å². The van der Waals surface area contributed by atoms with E-state index in [9.17, 15) is 4.39 Å². The number of H-pyrrole nitrogens is 1. The first-order valence-electron chi connectivity index (χ1n) is 7.41. The number of fused-ring (bicyclic) bond motifs is 1. The minimum absolute atomic E-state index is 0.194. The fourth-order valence-electron chi connectivity index (χ4n) is 2.65. The van der Waals surface area contributed by atoms with Crippen LogP contribution in [0.3, 0.4) is 0 Å². The van der Waals surface area contributed by atoms with Crippen LogP contribution >= 0.6 is 11.3 Å². The summed E-state index contributed by atoms with van der Waals surface area (Å²) in [5.74, 6) is 0.565. The highest BCUT2D eigenvalue weighted by Crippen LogP contribution is 2.38. The highest BCUT2D eigenvalue weighted by atomic mass is 32.1. The number of methoxy groups -OCH3 is 1. The Morgan fingerprint density at radius 2 is 1.92 bits per heavy atom. The molecular formula is C18H14FN3OS. The van der Waals surface area contributed by atoms with Gasteiger partial charge in [0.1, 0.15) is 23.0 Å². The molecule has 0 atom stereocenters. The van der Waals surface area contributed by atoms with Crippen molar-refractivity contribution in [1.29, 1.82) is 0 Å². The van der Waals surface area contributed by atoms with E-state index in [-0.39, 0.29) is 5.82 Å². The van der Waals surface area contributed by atoms with Crippen molar-refractivity contribution in [3.8, 4) is 27.6 Å². The van der Waals surface area contributed by atoms with Gasteiger partial charge in [0.05, 0.1) is 12.0 Å². The average Bonchev–Trinajstić information content (AvgIpc) is 3.22. The summed E-state index contributed by atoms with van der Waals surface area (Å²) in [6.07, 6.45) is 0. The number of nitrogens with one attached hydrogen (secondary N) is 1. The molecule has 4 rings (SSSR count). The molecule has 2 aromatic heterocycles. The molecule has 4 nitrogen and oxygen atoms in total. The van der Waals surface area contributed by atoms with Crippen molar-refractivity contribution in [3.05, 3.63) is 53.8 Å². The van der Waals surface area contributed by atoms with Gasteiger partial charge < -0.3 is 4.74 Å². The topological polar surface area (TPSA) is 50.8 Å². The lowest BCUT2D eigenvalue weighted by atomic mass is 10.1. The van der Waals surface area contributed by atoms with Crippen LogP contribution in [0.15, 0.2) is 42.5 Å². The molecule has 0 aliphatic rings. The standard InChI is InChI=1S/C18H14FN3OS/c1-10-6-15-12(8-14(10)19)9-16(24-15)18-17(20-22-21-18)11-4-3-5-13(7-11)23-2/h3-9H,1-2H3,(H,20,21,22). The van der Waals surface area contributed by atoms with Crippen molar-refractivity contribution in [1.82, 2.24) is 15.4 Å². The second-order valence-electron chi connectivity index (χ2n) is 5.50. The number of nitrogens with zero attached hydrogens (tertiary/aromatic N) is 2. The molecule has 0 amide bonds. The highest BCUT2D eigenvalue weighted by molar-refractivity contribution is 7.22. The first kappa shape index (κ1) is 14.8. The van der Waals surface area contributed by atoms with Crippen LogP contribution in [-0.4, -0.2) is 22.5 Å². The molecule has 1 N–H and O–H groups in total. The van der Waals surface area contributed by atoms with E-state index in [1.807, 2.05) is 36.4 Å². The summed E-state index contributed by atoms with van der Waals surface area (Å²) in [4.78, 5) is 0.946. The van der Waals surface area contributed by atoms with Crippen molar-refractivity contribution in [2.75, 3.05) is 7.11 Å². The number of aryl methyl sites for hydroxylation is 1. The minimum Gasteiger partial charge on any atom is -0.497 e. The van der Waals surface area contributed by atoms with Crippen LogP contribution in [0.25, 0.3) is 31.9 Å². The van der Waals surface area contributed by atoms with Crippen LogP contribution in [-0.2, 0) is 0 Å². The van der Waals surface area contributed by atoms with E-state index >= 15 is 0 Å². The third-order valence-electron chi connectivity index (χ3n) is 3.92. The van der Waals surface area contributed by atoms with Crippen LogP contribution in [0.5, 0.6) is 5.75 Å². The summed E-state index contributed by atoms with van der Waals surface area (Å²) in [6, 6.07) is 13.0. The maximum absolute atomic E-state index is 13.8. The van der Waals surface area contributed by atoms with Crippen LogP contribution in [0.4, 0.5) is 4.39 Å². The maximum Gasteiger partial charge on any atom is 0.130 e. The molecule has 0 saturated heterocycles. The maximum atomic E-state index is 13.8. The van der Waals surface area contributed by atoms with Gasteiger partial charge in [0.15, 0.2) is 0 Å². The van der Waals surface area contributed by atoms with E-state index in [4.69, 9.17) is 4.74 Å². The first-order valence-corrected chi connectivity index (χ1v) is 8.22. The molecule has 0 aliphatic heterocycles.